The Hall–Kier alpha value is -3.29. The quantitative estimate of drug-likeness (QED) is 0.120. The largest absolute Gasteiger partial charge is 0.493 e. The molecule has 1 aliphatic rings. The lowest BCUT2D eigenvalue weighted by Gasteiger charge is -2.14. The number of hydrogen-bond donors (Lipinski definition) is 0. The summed E-state index contributed by atoms with van der Waals surface area (Å²) in [6, 6.07) is 23.9. The normalized spacial score (nSPS) is 15.1. The van der Waals surface area contributed by atoms with Gasteiger partial charge in [0.05, 0.1) is 31.3 Å². The number of benzene rings is 3. The zero-order valence-corrected chi connectivity index (χ0v) is 24.4. The molecule has 3 aromatic carbocycles. The van der Waals surface area contributed by atoms with Gasteiger partial charge in [-0.15, -0.1) is 0 Å². The van der Waals surface area contributed by atoms with E-state index in [1.165, 1.54) is 17.3 Å². The van der Waals surface area contributed by atoms with Gasteiger partial charge in [0.25, 0.3) is 5.91 Å². The zero-order valence-electron chi connectivity index (χ0n) is 22.7. The number of amides is 1. The number of rotatable bonds is 13. The molecular weight excluding hydrogens is 526 g/mol. The summed E-state index contributed by atoms with van der Waals surface area (Å²) in [5, 5.41) is 0. The number of ether oxygens (including phenoxy) is 3. The average molecular weight is 562 g/mol. The second kappa shape index (κ2) is 14.2. The third-order valence-electron chi connectivity index (χ3n) is 6.50. The van der Waals surface area contributed by atoms with Gasteiger partial charge in [-0.25, -0.2) is 0 Å². The maximum Gasteiger partial charge on any atom is 0.266 e. The Kier molecular flexibility index (Phi) is 10.5. The Bertz CT molecular complexity index is 1290. The predicted molar refractivity (Wildman–Crippen MR) is 164 cm³/mol. The first kappa shape index (κ1) is 28.7. The van der Waals surface area contributed by atoms with E-state index in [4.69, 9.17) is 26.4 Å². The van der Waals surface area contributed by atoms with Gasteiger partial charge < -0.3 is 14.2 Å². The van der Waals surface area contributed by atoms with E-state index in [9.17, 15) is 4.79 Å². The molecule has 0 saturated carbocycles. The number of thiocarbonyl (C=S) groups is 1. The Morgan fingerprint density at radius 3 is 2.38 bits per heavy atom. The van der Waals surface area contributed by atoms with Crippen molar-refractivity contribution in [2.75, 3.05) is 19.8 Å². The summed E-state index contributed by atoms with van der Waals surface area (Å²) in [5.41, 5.74) is 3.23. The minimum Gasteiger partial charge on any atom is -0.493 e. The molecular formula is C32H35NO4S2. The molecule has 4 rings (SSSR count). The molecule has 1 unspecified atom stereocenters. The smallest absolute Gasteiger partial charge is 0.266 e. The van der Waals surface area contributed by atoms with E-state index in [0.29, 0.717) is 53.0 Å². The van der Waals surface area contributed by atoms with Gasteiger partial charge in [0.15, 0.2) is 11.5 Å². The van der Waals surface area contributed by atoms with Crippen LogP contribution in [0.15, 0.2) is 77.7 Å². The first-order valence-corrected chi connectivity index (χ1v) is 14.6. The maximum atomic E-state index is 13.0. The van der Waals surface area contributed by atoms with Crippen LogP contribution >= 0.6 is 24.0 Å². The van der Waals surface area contributed by atoms with E-state index >= 15 is 0 Å². The molecule has 5 nitrogen and oxygen atoms in total. The Labute approximate surface area is 241 Å². The van der Waals surface area contributed by atoms with Crippen LogP contribution in [0.3, 0.4) is 0 Å². The van der Waals surface area contributed by atoms with E-state index in [1.54, 1.807) is 4.90 Å². The highest BCUT2D eigenvalue weighted by Crippen LogP contribution is 2.35. The number of thioether (sulfide) groups is 1. The number of nitrogens with zero attached hydrogens (tertiary/aromatic N) is 1. The van der Waals surface area contributed by atoms with Gasteiger partial charge in [0, 0.05) is 6.42 Å². The fourth-order valence-corrected chi connectivity index (χ4v) is 5.37. The minimum atomic E-state index is -0.0818. The lowest BCUT2D eigenvalue weighted by molar-refractivity contribution is -0.122. The summed E-state index contributed by atoms with van der Waals surface area (Å²) < 4.78 is 18.3. The van der Waals surface area contributed by atoms with Crippen LogP contribution in [0.5, 0.6) is 17.2 Å². The molecule has 204 valence electrons. The topological polar surface area (TPSA) is 48.0 Å². The molecule has 1 atom stereocenters. The SMILES string of the molecule is CCOc1cc(C=C2SC(=S)N(Cc3ccccc3)C2=O)ccc1OCCCOc1ccc(C(C)CC)cc1. The predicted octanol–water partition coefficient (Wildman–Crippen LogP) is 7.85. The summed E-state index contributed by atoms with van der Waals surface area (Å²) in [6.45, 7) is 8.41. The molecule has 1 heterocycles. The third-order valence-corrected chi connectivity index (χ3v) is 7.88. The van der Waals surface area contributed by atoms with Crippen LogP contribution in [0.25, 0.3) is 6.08 Å². The molecule has 0 spiro atoms. The van der Waals surface area contributed by atoms with Crippen LogP contribution in [-0.2, 0) is 11.3 Å². The average Bonchev–Trinajstić information content (AvgIpc) is 3.21. The highest BCUT2D eigenvalue weighted by molar-refractivity contribution is 8.26. The van der Waals surface area contributed by atoms with Crippen LogP contribution in [-0.4, -0.2) is 34.9 Å². The summed E-state index contributed by atoms with van der Waals surface area (Å²) in [5.74, 6) is 2.66. The Balaban J connectivity index is 1.32. The van der Waals surface area contributed by atoms with Crippen molar-refractivity contribution in [3.8, 4) is 17.2 Å². The lowest BCUT2D eigenvalue weighted by Crippen LogP contribution is -2.27. The summed E-state index contributed by atoms with van der Waals surface area (Å²) in [7, 11) is 0. The molecule has 39 heavy (non-hydrogen) atoms. The summed E-state index contributed by atoms with van der Waals surface area (Å²) >= 11 is 6.81. The van der Waals surface area contributed by atoms with Crippen molar-refractivity contribution in [3.05, 3.63) is 94.4 Å². The van der Waals surface area contributed by atoms with E-state index < -0.39 is 0 Å². The molecule has 1 aliphatic heterocycles. The molecule has 1 amide bonds. The highest BCUT2D eigenvalue weighted by atomic mass is 32.2. The van der Waals surface area contributed by atoms with Gasteiger partial charge in [0.1, 0.15) is 10.1 Å². The monoisotopic (exact) mass is 561 g/mol. The number of carbonyl (C=O) groups excluding carboxylic acids is 1. The first-order valence-electron chi connectivity index (χ1n) is 13.4. The van der Waals surface area contributed by atoms with Crippen LogP contribution < -0.4 is 14.2 Å². The van der Waals surface area contributed by atoms with Crippen molar-refractivity contribution in [1.82, 2.24) is 4.90 Å². The van der Waals surface area contributed by atoms with Crippen molar-refractivity contribution in [2.45, 2.75) is 46.1 Å². The molecule has 0 aromatic heterocycles. The Morgan fingerprint density at radius 1 is 0.923 bits per heavy atom. The van der Waals surface area contributed by atoms with E-state index in [2.05, 4.69) is 26.0 Å². The fraction of sp³-hybridized carbons (Fsp3) is 0.312. The molecule has 3 aromatic rings. The molecule has 0 radical (unpaired) electrons. The zero-order chi connectivity index (χ0) is 27.6. The van der Waals surface area contributed by atoms with E-state index in [-0.39, 0.29) is 5.91 Å². The van der Waals surface area contributed by atoms with E-state index in [1.807, 2.05) is 73.7 Å². The van der Waals surface area contributed by atoms with Crippen LogP contribution in [0.2, 0.25) is 0 Å². The molecule has 1 saturated heterocycles. The van der Waals surface area contributed by atoms with Gasteiger partial charge in [-0.1, -0.05) is 86.4 Å². The van der Waals surface area contributed by atoms with E-state index in [0.717, 1.165) is 29.7 Å². The standard InChI is InChI=1S/C32H35NO4S2/c1-4-23(3)26-13-15-27(16-14-26)36-18-9-19-37-28-17-12-25(20-29(28)35-5-2)21-30-31(34)33(32(38)39-30)22-24-10-7-6-8-11-24/h6-8,10-17,20-21,23H,4-5,9,18-19,22H2,1-3H3. The van der Waals surface area contributed by atoms with Crippen molar-refractivity contribution in [3.63, 3.8) is 0 Å². The fourth-order valence-electron chi connectivity index (χ4n) is 4.12. The third kappa shape index (κ3) is 7.87. The first-order chi connectivity index (χ1) is 19.0. The Morgan fingerprint density at radius 2 is 1.67 bits per heavy atom. The summed E-state index contributed by atoms with van der Waals surface area (Å²) in [6.07, 6.45) is 3.72. The number of hydrogen-bond acceptors (Lipinski definition) is 6. The van der Waals surface area contributed by atoms with Crippen LogP contribution in [0.1, 0.15) is 56.2 Å². The molecule has 7 heteroatoms. The van der Waals surface area contributed by atoms with Crippen molar-refractivity contribution >= 4 is 40.3 Å². The summed E-state index contributed by atoms with van der Waals surface area (Å²) in [4.78, 5) is 15.3. The second-order valence-electron chi connectivity index (χ2n) is 9.32. The minimum absolute atomic E-state index is 0.0818. The molecule has 0 aliphatic carbocycles. The van der Waals surface area contributed by atoms with Crippen LogP contribution in [0.4, 0.5) is 0 Å². The van der Waals surface area contributed by atoms with Gasteiger partial charge in [-0.05, 0) is 66.3 Å². The van der Waals surface area contributed by atoms with Crippen molar-refractivity contribution < 1.29 is 19.0 Å². The van der Waals surface area contributed by atoms with Gasteiger partial charge >= 0.3 is 0 Å². The molecule has 0 N–H and O–H groups in total. The van der Waals surface area contributed by atoms with Gasteiger partial charge in [-0.2, -0.15) is 0 Å². The lowest BCUT2D eigenvalue weighted by atomic mass is 9.99. The molecule has 0 bridgehead atoms. The van der Waals surface area contributed by atoms with Crippen molar-refractivity contribution in [1.29, 1.82) is 0 Å². The van der Waals surface area contributed by atoms with Crippen LogP contribution in [0, 0.1) is 0 Å². The molecule has 1 fully saturated rings. The highest BCUT2D eigenvalue weighted by Gasteiger charge is 2.32. The number of carbonyl (C=O) groups is 1. The van der Waals surface area contributed by atoms with Gasteiger partial charge in [-0.3, -0.25) is 9.69 Å². The van der Waals surface area contributed by atoms with Gasteiger partial charge in [0.2, 0.25) is 0 Å². The maximum absolute atomic E-state index is 13.0. The van der Waals surface area contributed by atoms with Crippen molar-refractivity contribution in [2.24, 2.45) is 0 Å². The second-order valence-corrected chi connectivity index (χ2v) is 11.0.